The Morgan fingerprint density at radius 3 is 2.68 bits per heavy atom. The minimum absolute atomic E-state index is 0.0643. The highest BCUT2D eigenvalue weighted by Gasteiger charge is 2.27. The van der Waals surface area contributed by atoms with E-state index in [1.807, 2.05) is 0 Å². The van der Waals surface area contributed by atoms with Gasteiger partial charge in [-0.15, -0.1) is 18.2 Å². The van der Waals surface area contributed by atoms with Gasteiger partial charge in [-0.05, 0) is 12.8 Å². The Balaban J connectivity index is 2.38. The van der Waals surface area contributed by atoms with E-state index < -0.39 is 5.97 Å². The highest BCUT2D eigenvalue weighted by atomic mass is 32.2. The summed E-state index contributed by atoms with van der Waals surface area (Å²) in [6.07, 6.45) is 9.04. The lowest BCUT2D eigenvalue weighted by Crippen LogP contribution is -2.48. The van der Waals surface area contributed by atoms with Crippen molar-refractivity contribution in [2.45, 2.75) is 31.7 Å². The molecule has 1 aliphatic carbocycles. The number of carboxylic acids is 1. The maximum atomic E-state index is 12.0. The fourth-order valence-electron chi connectivity index (χ4n) is 2.19. The number of carbonyl (C=O) groups is 2. The molecule has 0 unspecified atom stereocenters. The van der Waals surface area contributed by atoms with Crippen molar-refractivity contribution in [3.8, 4) is 12.3 Å². The number of carboxylic acid groups (broad SMARTS) is 1. The normalized spacial score (nSPS) is 14.9. The zero-order chi connectivity index (χ0) is 14.1. The zero-order valence-corrected chi connectivity index (χ0v) is 11.7. The van der Waals surface area contributed by atoms with Crippen molar-refractivity contribution >= 4 is 23.8 Å². The van der Waals surface area contributed by atoms with Crippen LogP contribution in [0.4, 0.5) is 4.79 Å². The molecule has 19 heavy (non-hydrogen) atoms. The van der Waals surface area contributed by atoms with Crippen molar-refractivity contribution in [2.24, 2.45) is 0 Å². The van der Waals surface area contributed by atoms with E-state index in [1.165, 1.54) is 4.90 Å². The summed E-state index contributed by atoms with van der Waals surface area (Å²) in [5.74, 6) is 2.90. The first kappa shape index (κ1) is 15.7. The summed E-state index contributed by atoms with van der Waals surface area (Å²) in [6, 6.07) is -0.218. The average Bonchev–Trinajstić information content (AvgIpc) is 2.89. The minimum Gasteiger partial charge on any atom is -0.480 e. The molecule has 1 rings (SSSR count). The van der Waals surface area contributed by atoms with Crippen LogP contribution in [0.15, 0.2) is 0 Å². The Hall–Kier alpha value is -1.35. The van der Waals surface area contributed by atoms with E-state index in [2.05, 4.69) is 11.2 Å². The summed E-state index contributed by atoms with van der Waals surface area (Å²) in [6.45, 7) is 0.280. The summed E-state index contributed by atoms with van der Waals surface area (Å²) < 4.78 is 0. The van der Waals surface area contributed by atoms with Crippen LogP contribution in [0.25, 0.3) is 0 Å². The van der Waals surface area contributed by atoms with Crippen LogP contribution in [-0.2, 0) is 4.79 Å². The molecule has 0 aromatic carbocycles. The first-order chi connectivity index (χ1) is 9.15. The molecular formula is C13H20N2O3S. The molecule has 0 aromatic rings. The molecule has 0 radical (unpaired) electrons. The van der Waals surface area contributed by atoms with E-state index in [9.17, 15) is 9.59 Å². The van der Waals surface area contributed by atoms with Gasteiger partial charge >= 0.3 is 12.0 Å². The topological polar surface area (TPSA) is 69.6 Å². The van der Waals surface area contributed by atoms with Gasteiger partial charge in [-0.1, -0.05) is 18.8 Å². The van der Waals surface area contributed by atoms with Crippen molar-refractivity contribution in [3.05, 3.63) is 0 Å². The number of rotatable bonds is 7. The zero-order valence-electron chi connectivity index (χ0n) is 10.9. The van der Waals surface area contributed by atoms with E-state index in [4.69, 9.17) is 11.5 Å². The van der Waals surface area contributed by atoms with Gasteiger partial charge in [-0.2, -0.15) is 0 Å². The van der Waals surface area contributed by atoms with Crippen LogP contribution in [0, 0.1) is 12.3 Å². The van der Waals surface area contributed by atoms with Crippen molar-refractivity contribution < 1.29 is 14.7 Å². The van der Waals surface area contributed by atoms with E-state index in [-0.39, 0.29) is 18.6 Å². The number of amides is 2. The molecule has 106 valence electrons. The number of hydrogen-bond donors (Lipinski definition) is 2. The maximum absolute atomic E-state index is 12.0. The van der Waals surface area contributed by atoms with Gasteiger partial charge in [0.15, 0.2) is 0 Å². The molecule has 0 aliphatic heterocycles. The summed E-state index contributed by atoms with van der Waals surface area (Å²) in [5, 5.41) is 11.6. The molecule has 5 nitrogen and oxygen atoms in total. The molecule has 1 aliphatic rings. The Kier molecular flexibility index (Phi) is 7.19. The summed E-state index contributed by atoms with van der Waals surface area (Å²) in [7, 11) is 0. The highest BCUT2D eigenvalue weighted by molar-refractivity contribution is 7.99. The number of nitrogens with zero attached hydrogens (tertiary/aromatic N) is 1. The fraction of sp³-hybridized carbons (Fsp3) is 0.692. The predicted octanol–water partition coefficient (Wildman–Crippen LogP) is 1.39. The molecule has 1 saturated carbocycles. The Bertz CT molecular complexity index is 348. The average molecular weight is 284 g/mol. The van der Waals surface area contributed by atoms with Gasteiger partial charge in [0.1, 0.15) is 6.54 Å². The molecule has 2 amide bonds. The number of terminal acetylenes is 1. The second kappa shape index (κ2) is 8.70. The van der Waals surface area contributed by atoms with Gasteiger partial charge in [0.05, 0.1) is 5.75 Å². The van der Waals surface area contributed by atoms with Crippen LogP contribution in [0.2, 0.25) is 0 Å². The lowest BCUT2D eigenvalue weighted by Gasteiger charge is -2.27. The van der Waals surface area contributed by atoms with Crippen LogP contribution >= 0.6 is 11.8 Å². The first-order valence-corrected chi connectivity index (χ1v) is 7.58. The Morgan fingerprint density at radius 1 is 1.42 bits per heavy atom. The van der Waals surface area contributed by atoms with Crippen LogP contribution in [0.1, 0.15) is 25.7 Å². The van der Waals surface area contributed by atoms with Gasteiger partial charge in [0.25, 0.3) is 0 Å². The number of aliphatic carboxylic acids is 1. The number of thioether (sulfide) groups is 1. The maximum Gasteiger partial charge on any atom is 0.323 e. The highest BCUT2D eigenvalue weighted by Crippen LogP contribution is 2.23. The van der Waals surface area contributed by atoms with E-state index in [0.29, 0.717) is 12.3 Å². The summed E-state index contributed by atoms with van der Waals surface area (Å²) >= 11 is 1.57. The SMILES string of the molecule is C#CCSCCNC(=O)N(CC(=O)O)C1CCCC1. The van der Waals surface area contributed by atoms with Crippen molar-refractivity contribution in [2.75, 3.05) is 24.6 Å². The molecule has 0 aromatic heterocycles. The monoisotopic (exact) mass is 284 g/mol. The lowest BCUT2D eigenvalue weighted by molar-refractivity contribution is -0.138. The van der Waals surface area contributed by atoms with Crippen LogP contribution in [0.3, 0.4) is 0 Å². The molecule has 6 heteroatoms. The Labute approximate surface area is 118 Å². The molecule has 0 bridgehead atoms. The third-order valence-electron chi connectivity index (χ3n) is 3.04. The standard InChI is InChI=1S/C13H20N2O3S/c1-2-8-19-9-7-14-13(18)15(10-12(16)17)11-5-3-4-6-11/h1,11H,3-10H2,(H,14,18)(H,16,17). The Morgan fingerprint density at radius 2 is 2.11 bits per heavy atom. The second-order valence-corrected chi connectivity index (χ2v) is 5.55. The predicted molar refractivity (Wildman–Crippen MR) is 76.2 cm³/mol. The molecule has 0 atom stereocenters. The third-order valence-corrected chi connectivity index (χ3v) is 3.90. The number of urea groups is 1. The molecular weight excluding hydrogens is 264 g/mol. The summed E-state index contributed by atoms with van der Waals surface area (Å²) in [5.41, 5.74) is 0. The van der Waals surface area contributed by atoms with E-state index in [0.717, 1.165) is 31.4 Å². The van der Waals surface area contributed by atoms with Crippen molar-refractivity contribution in [1.29, 1.82) is 0 Å². The van der Waals surface area contributed by atoms with Crippen molar-refractivity contribution in [3.63, 3.8) is 0 Å². The molecule has 0 heterocycles. The van der Waals surface area contributed by atoms with Crippen LogP contribution in [0.5, 0.6) is 0 Å². The van der Waals surface area contributed by atoms with Crippen LogP contribution < -0.4 is 5.32 Å². The van der Waals surface area contributed by atoms with Gasteiger partial charge in [-0.25, -0.2) is 4.79 Å². The molecule has 2 N–H and O–H groups in total. The number of nitrogens with one attached hydrogen (secondary N) is 1. The number of carbonyl (C=O) groups excluding carboxylic acids is 1. The first-order valence-electron chi connectivity index (χ1n) is 6.42. The molecule has 0 saturated heterocycles. The van der Waals surface area contributed by atoms with E-state index in [1.54, 1.807) is 11.8 Å². The molecule has 0 spiro atoms. The second-order valence-electron chi connectivity index (χ2n) is 4.45. The lowest BCUT2D eigenvalue weighted by atomic mass is 10.2. The van der Waals surface area contributed by atoms with Gasteiger partial charge in [0.2, 0.25) is 0 Å². The quantitative estimate of drug-likeness (QED) is 0.547. The van der Waals surface area contributed by atoms with Gasteiger partial charge in [0, 0.05) is 18.3 Å². The summed E-state index contributed by atoms with van der Waals surface area (Å²) in [4.78, 5) is 24.3. The number of hydrogen-bond acceptors (Lipinski definition) is 3. The van der Waals surface area contributed by atoms with Gasteiger partial charge < -0.3 is 15.3 Å². The minimum atomic E-state index is -0.969. The smallest absolute Gasteiger partial charge is 0.323 e. The third kappa shape index (κ3) is 5.88. The van der Waals surface area contributed by atoms with Gasteiger partial charge in [-0.3, -0.25) is 4.79 Å². The van der Waals surface area contributed by atoms with Crippen LogP contribution in [-0.4, -0.2) is 52.6 Å². The largest absolute Gasteiger partial charge is 0.480 e. The fourth-order valence-corrected chi connectivity index (χ4v) is 2.70. The van der Waals surface area contributed by atoms with E-state index >= 15 is 0 Å². The molecule has 1 fully saturated rings. The van der Waals surface area contributed by atoms with Crippen molar-refractivity contribution in [1.82, 2.24) is 10.2 Å².